The number of hydrogen-bond donors (Lipinski definition) is 0. The van der Waals surface area contributed by atoms with Gasteiger partial charge < -0.3 is 4.74 Å². The Morgan fingerprint density at radius 1 is 1.24 bits per heavy atom. The Morgan fingerprint density at radius 2 is 2.03 bits per heavy atom. The Bertz CT molecular complexity index is 1110. The standard InChI is InChI=1S/C20H15F4N3O2/c1-2-29-19(28)17-13-6-8-16-12(4-3-9-25-16)18(13)27(26-17)11-5-7-15(21)14(10-11)20(22,23)24/h3-5,7,9-10H,2,6,8H2,1H3. The van der Waals surface area contributed by atoms with Crippen molar-refractivity contribution in [3.63, 3.8) is 0 Å². The predicted octanol–water partition coefficient (Wildman–Crippen LogP) is 4.37. The molecule has 1 aliphatic rings. The van der Waals surface area contributed by atoms with Crippen LogP contribution < -0.4 is 0 Å². The van der Waals surface area contributed by atoms with Gasteiger partial charge in [-0.05, 0) is 50.1 Å². The summed E-state index contributed by atoms with van der Waals surface area (Å²) in [5, 5.41) is 4.26. The van der Waals surface area contributed by atoms with Gasteiger partial charge in [0, 0.05) is 17.3 Å². The van der Waals surface area contributed by atoms with Crippen molar-refractivity contribution in [2.45, 2.75) is 25.9 Å². The minimum Gasteiger partial charge on any atom is -0.461 e. The van der Waals surface area contributed by atoms with Crippen molar-refractivity contribution in [2.75, 3.05) is 6.61 Å². The van der Waals surface area contributed by atoms with E-state index in [1.54, 1.807) is 25.3 Å². The Morgan fingerprint density at radius 3 is 2.76 bits per heavy atom. The SMILES string of the molecule is CCOC(=O)c1nn(-c2ccc(F)c(C(F)(F)F)c2)c2c1CCc1ncccc1-2. The number of carbonyl (C=O) groups excluding carboxylic acids is 1. The maximum absolute atomic E-state index is 13.8. The highest BCUT2D eigenvalue weighted by Gasteiger charge is 2.35. The first kappa shape index (κ1) is 19.1. The van der Waals surface area contributed by atoms with Crippen LogP contribution in [0.4, 0.5) is 17.6 Å². The van der Waals surface area contributed by atoms with Gasteiger partial charge in [0.05, 0.1) is 29.2 Å². The molecular formula is C20H15F4N3O2. The number of nitrogens with zero attached hydrogens (tertiary/aromatic N) is 3. The van der Waals surface area contributed by atoms with Crippen LogP contribution in [0.1, 0.15) is 34.2 Å². The predicted molar refractivity (Wildman–Crippen MR) is 95.1 cm³/mol. The van der Waals surface area contributed by atoms with Crippen LogP contribution in [-0.2, 0) is 23.8 Å². The molecule has 2 aromatic heterocycles. The van der Waals surface area contributed by atoms with Crippen molar-refractivity contribution in [1.82, 2.24) is 14.8 Å². The second-order valence-electron chi connectivity index (χ2n) is 6.47. The minimum atomic E-state index is -4.86. The molecule has 3 aromatic rings. The zero-order valence-electron chi connectivity index (χ0n) is 15.3. The van der Waals surface area contributed by atoms with Crippen molar-refractivity contribution < 1.29 is 27.1 Å². The van der Waals surface area contributed by atoms with E-state index < -0.39 is 23.5 Å². The fraction of sp³-hybridized carbons (Fsp3) is 0.250. The lowest BCUT2D eigenvalue weighted by Gasteiger charge is -2.18. The lowest BCUT2D eigenvalue weighted by Crippen LogP contribution is -2.12. The smallest absolute Gasteiger partial charge is 0.419 e. The first-order valence-corrected chi connectivity index (χ1v) is 8.91. The molecule has 0 aliphatic heterocycles. The van der Waals surface area contributed by atoms with Gasteiger partial charge >= 0.3 is 12.1 Å². The molecular weight excluding hydrogens is 390 g/mol. The zero-order chi connectivity index (χ0) is 20.8. The third-order valence-corrected chi connectivity index (χ3v) is 4.71. The molecule has 29 heavy (non-hydrogen) atoms. The Labute approximate surface area is 162 Å². The van der Waals surface area contributed by atoms with Crippen LogP contribution in [0.3, 0.4) is 0 Å². The van der Waals surface area contributed by atoms with Crippen molar-refractivity contribution in [3.05, 3.63) is 64.9 Å². The van der Waals surface area contributed by atoms with Gasteiger partial charge in [-0.15, -0.1) is 0 Å². The number of carbonyl (C=O) groups is 1. The summed E-state index contributed by atoms with van der Waals surface area (Å²) >= 11 is 0. The van der Waals surface area contributed by atoms with Crippen LogP contribution in [0.2, 0.25) is 0 Å². The van der Waals surface area contributed by atoms with Crippen molar-refractivity contribution in [1.29, 1.82) is 0 Å². The highest BCUT2D eigenvalue weighted by Crippen LogP contribution is 2.38. The van der Waals surface area contributed by atoms with Gasteiger partial charge in [0.15, 0.2) is 5.69 Å². The van der Waals surface area contributed by atoms with Crippen LogP contribution in [0, 0.1) is 5.82 Å². The van der Waals surface area contributed by atoms with Crippen LogP contribution in [0.25, 0.3) is 16.9 Å². The molecule has 4 rings (SSSR count). The number of aryl methyl sites for hydroxylation is 1. The minimum absolute atomic E-state index is 0.0118. The van der Waals surface area contributed by atoms with E-state index in [-0.39, 0.29) is 18.0 Å². The number of ether oxygens (including phenoxy) is 1. The number of fused-ring (bicyclic) bond motifs is 3. The molecule has 0 saturated carbocycles. The zero-order valence-corrected chi connectivity index (χ0v) is 15.3. The number of aromatic nitrogens is 3. The highest BCUT2D eigenvalue weighted by molar-refractivity contribution is 5.92. The van der Waals surface area contributed by atoms with Gasteiger partial charge in [0.1, 0.15) is 5.82 Å². The van der Waals surface area contributed by atoms with Crippen molar-refractivity contribution >= 4 is 5.97 Å². The number of hydrogen-bond acceptors (Lipinski definition) is 4. The van der Waals surface area contributed by atoms with Gasteiger partial charge in [-0.2, -0.15) is 18.3 Å². The summed E-state index contributed by atoms with van der Waals surface area (Å²) in [5.74, 6) is -2.04. The average Bonchev–Trinajstić information content (AvgIpc) is 3.08. The van der Waals surface area contributed by atoms with Gasteiger partial charge in [0.25, 0.3) is 0 Å². The lowest BCUT2D eigenvalue weighted by molar-refractivity contribution is -0.140. The number of benzene rings is 1. The van der Waals surface area contributed by atoms with E-state index in [1.165, 1.54) is 10.7 Å². The lowest BCUT2D eigenvalue weighted by atomic mass is 9.92. The van der Waals surface area contributed by atoms with E-state index in [2.05, 4.69) is 10.1 Å². The Balaban J connectivity index is 1.97. The van der Waals surface area contributed by atoms with E-state index in [1.807, 2.05) is 0 Å². The van der Waals surface area contributed by atoms with E-state index in [0.29, 0.717) is 35.7 Å². The normalized spacial score (nSPS) is 13.0. The molecule has 5 nitrogen and oxygen atoms in total. The number of pyridine rings is 1. The quantitative estimate of drug-likeness (QED) is 0.480. The highest BCUT2D eigenvalue weighted by atomic mass is 19.4. The number of rotatable bonds is 3. The molecule has 0 amide bonds. The van der Waals surface area contributed by atoms with E-state index in [0.717, 1.165) is 11.8 Å². The first-order valence-electron chi connectivity index (χ1n) is 8.91. The molecule has 0 fully saturated rings. The molecule has 0 spiro atoms. The summed E-state index contributed by atoms with van der Waals surface area (Å²) in [4.78, 5) is 16.7. The average molecular weight is 405 g/mol. The Kier molecular flexibility index (Phi) is 4.60. The summed E-state index contributed by atoms with van der Waals surface area (Å²) in [6.07, 6.45) is -2.26. The van der Waals surface area contributed by atoms with E-state index in [9.17, 15) is 22.4 Å². The first-order chi connectivity index (χ1) is 13.8. The monoisotopic (exact) mass is 405 g/mol. The number of alkyl halides is 3. The molecule has 0 N–H and O–H groups in total. The van der Waals surface area contributed by atoms with Crippen LogP contribution in [0.15, 0.2) is 36.5 Å². The molecule has 9 heteroatoms. The fourth-order valence-electron chi connectivity index (χ4n) is 3.47. The molecule has 1 aromatic carbocycles. The number of esters is 1. The van der Waals surface area contributed by atoms with Gasteiger partial charge in [-0.1, -0.05) is 0 Å². The summed E-state index contributed by atoms with van der Waals surface area (Å²) < 4.78 is 59.7. The van der Waals surface area contributed by atoms with Crippen LogP contribution in [0.5, 0.6) is 0 Å². The Hall–Kier alpha value is -3.23. The molecule has 0 atom stereocenters. The van der Waals surface area contributed by atoms with E-state index >= 15 is 0 Å². The summed E-state index contributed by atoms with van der Waals surface area (Å²) in [6, 6.07) is 6.08. The van der Waals surface area contributed by atoms with E-state index in [4.69, 9.17) is 4.74 Å². The molecule has 0 bridgehead atoms. The second kappa shape index (κ2) is 6.98. The molecule has 1 aliphatic carbocycles. The molecule has 0 unspecified atom stereocenters. The van der Waals surface area contributed by atoms with Crippen molar-refractivity contribution in [2.24, 2.45) is 0 Å². The molecule has 0 saturated heterocycles. The van der Waals surface area contributed by atoms with Crippen LogP contribution >= 0.6 is 0 Å². The second-order valence-corrected chi connectivity index (χ2v) is 6.47. The third-order valence-electron chi connectivity index (χ3n) is 4.71. The fourth-order valence-corrected chi connectivity index (χ4v) is 3.47. The summed E-state index contributed by atoms with van der Waals surface area (Å²) in [6.45, 7) is 1.78. The third kappa shape index (κ3) is 3.26. The maximum Gasteiger partial charge on any atom is 0.419 e. The summed E-state index contributed by atoms with van der Waals surface area (Å²) in [7, 11) is 0. The largest absolute Gasteiger partial charge is 0.461 e. The van der Waals surface area contributed by atoms with Crippen molar-refractivity contribution in [3.8, 4) is 16.9 Å². The molecule has 2 heterocycles. The topological polar surface area (TPSA) is 57.0 Å². The van der Waals surface area contributed by atoms with Gasteiger partial charge in [-0.25, -0.2) is 13.9 Å². The molecule has 150 valence electrons. The maximum atomic E-state index is 13.8. The number of halogens is 4. The van der Waals surface area contributed by atoms with Gasteiger partial charge in [0.2, 0.25) is 0 Å². The van der Waals surface area contributed by atoms with Gasteiger partial charge in [-0.3, -0.25) is 4.98 Å². The molecule has 0 radical (unpaired) electrons. The van der Waals surface area contributed by atoms with Crippen LogP contribution in [-0.4, -0.2) is 27.3 Å². The summed E-state index contributed by atoms with van der Waals surface area (Å²) in [5.41, 5.74) is 1.06.